The lowest BCUT2D eigenvalue weighted by Gasteiger charge is -2.13. The second-order valence-electron chi connectivity index (χ2n) is 4.12. The molecule has 2 aromatic rings. The molecule has 114 valence electrons. The van der Waals surface area contributed by atoms with Gasteiger partial charge in [-0.3, -0.25) is 4.79 Å². The third kappa shape index (κ3) is 3.91. The number of aromatic nitrogens is 1. The van der Waals surface area contributed by atoms with E-state index in [1.807, 2.05) is 0 Å². The van der Waals surface area contributed by atoms with E-state index in [4.69, 9.17) is 28.3 Å². The van der Waals surface area contributed by atoms with Crippen LogP contribution in [-0.2, 0) is 6.54 Å². The number of hydrogen-bond acceptors (Lipinski definition) is 4. The molecule has 8 heteroatoms. The van der Waals surface area contributed by atoms with Gasteiger partial charge >= 0.3 is 6.09 Å². The molecule has 0 saturated heterocycles. The van der Waals surface area contributed by atoms with Crippen LogP contribution in [0.15, 0.2) is 40.3 Å². The predicted molar refractivity (Wildman–Crippen MR) is 85.1 cm³/mol. The van der Waals surface area contributed by atoms with Crippen molar-refractivity contribution >= 4 is 47.3 Å². The average Bonchev–Trinajstić information content (AvgIpc) is 2.50. The SMILES string of the molecule is O=Cc1ccccc1Sc1c(Cl)ncc(Cl)c1CNC(=O)O. The highest BCUT2D eigenvalue weighted by Crippen LogP contribution is 2.38. The maximum absolute atomic E-state index is 11.1. The van der Waals surface area contributed by atoms with Gasteiger partial charge in [0.1, 0.15) is 5.15 Å². The first-order chi connectivity index (χ1) is 10.5. The molecule has 0 aliphatic rings. The fourth-order valence-corrected chi connectivity index (χ4v) is 3.28. The van der Waals surface area contributed by atoms with Gasteiger partial charge in [-0.15, -0.1) is 0 Å². The number of rotatable bonds is 5. The minimum absolute atomic E-state index is 0.0119. The number of pyridine rings is 1. The van der Waals surface area contributed by atoms with Crippen LogP contribution in [-0.4, -0.2) is 22.5 Å². The Morgan fingerprint density at radius 1 is 1.36 bits per heavy atom. The fourth-order valence-electron chi connectivity index (χ4n) is 1.70. The maximum Gasteiger partial charge on any atom is 0.404 e. The molecule has 1 heterocycles. The molecule has 0 spiro atoms. The van der Waals surface area contributed by atoms with E-state index in [9.17, 15) is 9.59 Å². The molecule has 0 fully saturated rings. The summed E-state index contributed by atoms with van der Waals surface area (Å²) in [7, 11) is 0. The molecule has 0 bridgehead atoms. The minimum Gasteiger partial charge on any atom is -0.465 e. The van der Waals surface area contributed by atoms with Gasteiger partial charge in [0.25, 0.3) is 0 Å². The second-order valence-corrected chi connectivity index (χ2v) is 5.94. The second kappa shape index (κ2) is 7.49. The summed E-state index contributed by atoms with van der Waals surface area (Å²) in [5.74, 6) is 0. The quantitative estimate of drug-likeness (QED) is 0.622. The molecule has 2 rings (SSSR count). The van der Waals surface area contributed by atoms with Gasteiger partial charge in [0.2, 0.25) is 0 Å². The molecule has 1 aromatic carbocycles. The number of aldehydes is 1. The van der Waals surface area contributed by atoms with E-state index in [2.05, 4.69) is 10.3 Å². The van der Waals surface area contributed by atoms with Crippen LogP contribution in [0.2, 0.25) is 10.2 Å². The fraction of sp³-hybridized carbons (Fsp3) is 0.0714. The summed E-state index contributed by atoms with van der Waals surface area (Å²) < 4.78 is 0. The number of carboxylic acid groups (broad SMARTS) is 1. The lowest BCUT2D eigenvalue weighted by atomic mass is 10.2. The Morgan fingerprint density at radius 2 is 2.09 bits per heavy atom. The number of benzene rings is 1. The smallest absolute Gasteiger partial charge is 0.404 e. The number of halogens is 2. The average molecular weight is 357 g/mol. The molecule has 22 heavy (non-hydrogen) atoms. The molecular weight excluding hydrogens is 347 g/mol. The summed E-state index contributed by atoms with van der Waals surface area (Å²) in [6, 6.07) is 6.98. The topological polar surface area (TPSA) is 79.3 Å². The summed E-state index contributed by atoms with van der Waals surface area (Å²) >= 11 is 13.4. The zero-order valence-electron chi connectivity index (χ0n) is 11.0. The molecular formula is C14H10Cl2N2O3S. The zero-order chi connectivity index (χ0) is 16.1. The van der Waals surface area contributed by atoms with Crippen LogP contribution in [0.25, 0.3) is 0 Å². The summed E-state index contributed by atoms with van der Waals surface area (Å²) in [6.45, 7) is -0.0119. The van der Waals surface area contributed by atoms with Crippen molar-refractivity contribution in [1.82, 2.24) is 10.3 Å². The summed E-state index contributed by atoms with van der Waals surface area (Å²) in [5, 5.41) is 11.5. The Morgan fingerprint density at radius 3 is 2.77 bits per heavy atom. The standard InChI is InChI=1S/C14H10Cl2N2O3S/c15-10-6-17-13(16)12(9(10)5-18-14(20)21)22-11-4-2-1-3-8(11)7-19/h1-4,6-7,18H,5H2,(H,20,21). The highest BCUT2D eigenvalue weighted by Gasteiger charge is 2.16. The van der Waals surface area contributed by atoms with Crippen molar-refractivity contribution in [2.45, 2.75) is 16.3 Å². The first kappa shape index (κ1) is 16.6. The number of carbonyl (C=O) groups is 2. The van der Waals surface area contributed by atoms with E-state index in [0.717, 1.165) is 6.29 Å². The number of nitrogens with one attached hydrogen (secondary N) is 1. The number of nitrogens with zero attached hydrogens (tertiary/aromatic N) is 1. The van der Waals surface area contributed by atoms with E-state index in [-0.39, 0.29) is 11.7 Å². The third-order valence-electron chi connectivity index (χ3n) is 2.72. The minimum atomic E-state index is -1.17. The summed E-state index contributed by atoms with van der Waals surface area (Å²) in [5.41, 5.74) is 1.01. The van der Waals surface area contributed by atoms with Crippen LogP contribution in [0.5, 0.6) is 0 Å². The van der Waals surface area contributed by atoms with Crippen LogP contribution >= 0.6 is 35.0 Å². The van der Waals surface area contributed by atoms with E-state index in [1.54, 1.807) is 24.3 Å². The molecule has 1 aromatic heterocycles. The van der Waals surface area contributed by atoms with Crippen LogP contribution in [0, 0.1) is 0 Å². The van der Waals surface area contributed by atoms with E-state index in [1.165, 1.54) is 18.0 Å². The van der Waals surface area contributed by atoms with Gasteiger partial charge in [-0.2, -0.15) is 0 Å². The number of carbonyl (C=O) groups excluding carboxylic acids is 1. The Hall–Kier alpha value is -1.76. The summed E-state index contributed by atoms with van der Waals surface area (Å²) in [6.07, 6.45) is 0.926. The van der Waals surface area contributed by atoms with Gasteiger partial charge in [-0.25, -0.2) is 9.78 Å². The van der Waals surface area contributed by atoms with Crippen molar-refractivity contribution in [1.29, 1.82) is 0 Å². The van der Waals surface area contributed by atoms with Gasteiger partial charge in [0.15, 0.2) is 6.29 Å². The van der Waals surface area contributed by atoms with Crippen LogP contribution in [0.3, 0.4) is 0 Å². The predicted octanol–water partition coefficient (Wildman–Crippen LogP) is 4.12. The highest BCUT2D eigenvalue weighted by atomic mass is 35.5. The largest absolute Gasteiger partial charge is 0.465 e. The molecule has 0 saturated carbocycles. The zero-order valence-corrected chi connectivity index (χ0v) is 13.4. The van der Waals surface area contributed by atoms with Gasteiger partial charge in [0.05, 0.1) is 9.92 Å². The molecule has 2 N–H and O–H groups in total. The normalized spacial score (nSPS) is 10.3. The van der Waals surface area contributed by atoms with Gasteiger partial charge in [-0.05, 0) is 6.07 Å². The maximum atomic E-state index is 11.1. The van der Waals surface area contributed by atoms with Crippen LogP contribution in [0.4, 0.5) is 4.79 Å². The Bertz CT molecular complexity index is 725. The van der Waals surface area contributed by atoms with Gasteiger partial charge in [0, 0.05) is 28.8 Å². The lowest BCUT2D eigenvalue weighted by molar-refractivity contribution is 0.112. The van der Waals surface area contributed by atoms with Gasteiger partial charge in [-0.1, -0.05) is 53.2 Å². The molecule has 0 unspecified atom stereocenters. The first-order valence-electron chi connectivity index (χ1n) is 6.04. The first-order valence-corrected chi connectivity index (χ1v) is 7.62. The Balaban J connectivity index is 2.42. The Labute approximate surface area is 140 Å². The van der Waals surface area contributed by atoms with Crippen molar-refractivity contribution in [3.05, 3.63) is 51.8 Å². The monoisotopic (exact) mass is 356 g/mol. The molecule has 0 aliphatic carbocycles. The van der Waals surface area contributed by atoms with Crippen molar-refractivity contribution in [2.24, 2.45) is 0 Å². The van der Waals surface area contributed by atoms with E-state index >= 15 is 0 Å². The van der Waals surface area contributed by atoms with Crippen molar-refractivity contribution in [3.63, 3.8) is 0 Å². The molecule has 0 radical (unpaired) electrons. The highest BCUT2D eigenvalue weighted by molar-refractivity contribution is 7.99. The van der Waals surface area contributed by atoms with Crippen LogP contribution < -0.4 is 5.32 Å². The molecule has 0 atom stereocenters. The Kier molecular flexibility index (Phi) is 5.65. The molecule has 5 nitrogen and oxygen atoms in total. The van der Waals surface area contributed by atoms with Crippen LogP contribution in [0.1, 0.15) is 15.9 Å². The third-order valence-corrected chi connectivity index (χ3v) is 4.68. The van der Waals surface area contributed by atoms with Crippen molar-refractivity contribution in [2.75, 3.05) is 0 Å². The van der Waals surface area contributed by atoms with Crippen molar-refractivity contribution in [3.8, 4) is 0 Å². The summed E-state index contributed by atoms with van der Waals surface area (Å²) in [4.78, 5) is 26.9. The van der Waals surface area contributed by atoms with E-state index in [0.29, 0.717) is 25.9 Å². The van der Waals surface area contributed by atoms with Crippen molar-refractivity contribution < 1.29 is 14.7 Å². The molecule has 1 amide bonds. The van der Waals surface area contributed by atoms with E-state index < -0.39 is 6.09 Å². The lowest BCUT2D eigenvalue weighted by Crippen LogP contribution is -2.20. The number of hydrogen-bond donors (Lipinski definition) is 2. The van der Waals surface area contributed by atoms with Gasteiger partial charge < -0.3 is 10.4 Å². The number of amides is 1. The molecule has 0 aliphatic heterocycles.